The monoisotopic (exact) mass is 328 g/mol. The van der Waals surface area contributed by atoms with E-state index in [0.29, 0.717) is 6.00 Å². The summed E-state index contributed by atoms with van der Waals surface area (Å²) in [4.78, 5) is 9.09. The summed E-state index contributed by atoms with van der Waals surface area (Å²) in [5.74, 6) is 0. The maximum absolute atomic E-state index is 6.02. The lowest BCUT2D eigenvalue weighted by Gasteiger charge is -2.36. The maximum atomic E-state index is 6.02. The van der Waals surface area contributed by atoms with Crippen molar-refractivity contribution in [2.75, 3.05) is 58.7 Å². The van der Waals surface area contributed by atoms with E-state index in [2.05, 4.69) is 20.1 Å². The van der Waals surface area contributed by atoms with Gasteiger partial charge in [-0.3, -0.25) is 10.2 Å². The fraction of sp³-hybridized carbons (Fsp3) is 0.909. The van der Waals surface area contributed by atoms with Crippen LogP contribution in [0.15, 0.2) is 4.99 Å². The molecule has 0 spiro atoms. The van der Waals surface area contributed by atoms with Gasteiger partial charge in [0.15, 0.2) is 10.8 Å². The summed E-state index contributed by atoms with van der Waals surface area (Å²) < 4.78 is 5.10. The van der Waals surface area contributed by atoms with Crippen molar-refractivity contribution >= 4 is 40.1 Å². The van der Waals surface area contributed by atoms with Crippen LogP contribution < -0.4 is 5.32 Å². The Hall–Kier alpha value is 0.280. The molecule has 0 aromatic heterocycles. The van der Waals surface area contributed by atoms with Gasteiger partial charge < -0.3 is 9.64 Å². The zero-order valence-corrected chi connectivity index (χ0v) is 13.8. The molecule has 0 saturated carbocycles. The average Bonchev–Trinajstić information content (AvgIpc) is 2.43. The van der Waals surface area contributed by atoms with Gasteiger partial charge >= 0.3 is 0 Å². The first-order valence-corrected chi connectivity index (χ1v) is 8.42. The van der Waals surface area contributed by atoms with Gasteiger partial charge in [0, 0.05) is 39.8 Å². The third-order valence-electron chi connectivity index (χ3n) is 2.91. The van der Waals surface area contributed by atoms with Crippen LogP contribution in [-0.4, -0.2) is 79.3 Å². The molecule has 112 valence electrons. The van der Waals surface area contributed by atoms with E-state index >= 15 is 0 Å². The van der Waals surface area contributed by atoms with Crippen molar-refractivity contribution in [1.29, 1.82) is 0 Å². The minimum atomic E-state index is -0.466. The molecule has 0 amide bonds. The molecule has 1 saturated heterocycles. The summed E-state index contributed by atoms with van der Waals surface area (Å²) in [6, 6.07) is 0.296. The van der Waals surface area contributed by atoms with Crippen LogP contribution in [0.1, 0.15) is 0 Å². The quantitative estimate of drug-likeness (QED) is 0.344. The molecule has 1 heterocycles. The first-order valence-electron chi connectivity index (χ1n) is 6.22. The van der Waals surface area contributed by atoms with Crippen molar-refractivity contribution in [2.24, 2.45) is 4.99 Å². The Kier molecular flexibility index (Phi) is 9.19. The Balaban J connectivity index is 2.43. The summed E-state index contributed by atoms with van der Waals surface area (Å²) >= 11 is 13.2. The molecule has 1 fully saturated rings. The minimum absolute atomic E-state index is 0.296. The lowest BCUT2D eigenvalue weighted by atomic mass is 10.3. The van der Waals surface area contributed by atoms with Crippen molar-refractivity contribution in [3.8, 4) is 0 Å². The van der Waals surface area contributed by atoms with Crippen molar-refractivity contribution in [2.45, 2.75) is 5.62 Å². The lowest BCUT2D eigenvalue weighted by Crippen LogP contribution is -2.49. The van der Waals surface area contributed by atoms with E-state index in [1.807, 2.05) is 6.26 Å². The van der Waals surface area contributed by atoms with Gasteiger partial charge in [-0.05, 0) is 6.26 Å². The Bertz CT molecular complexity index is 275. The first kappa shape index (κ1) is 17.3. The minimum Gasteiger partial charge on any atom is -0.383 e. The average molecular weight is 329 g/mol. The van der Waals surface area contributed by atoms with Crippen molar-refractivity contribution in [1.82, 2.24) is 15.1 Å². The van der Waals surface area contributed by atoms with E-state index < -0.39 is 5.62 Å². The standard InChI is InChI=1S/C11H22Cl2N4OS/c1-18-8-7-16-3-5-17(6-4-16)11(19-2)15-10(13)14-9-12/h10,14H,3-9H2,1-2H3. The van der Waals surface area contributed by atoms with E-state index in [-0.39, 0.29) is 0 Å². The highest BCUT2D eigenvalue weighted by atomic mass is 35.5. The predicted molar refractivity (Wildman–Crippen MR) is 84.3 cm³/mol. The summed E-state index contributed by atoms with van der Waals surface area (Å²) in [7, 11) is 1.74. The molecule has 1 aliphatic rings. The van der Waals surface area contributed by atoms with Crippen LogP contribution >= 0.6 is 35.0 Å². The van der Waals surface area contributed by atoms with Gasteiger partial charge in [0.05, 0.1) is 12.6 Å². The molecule has 0 aromatic rings. The van der Waals surface area contributed by atoms with Crippen molar-refractivity contribution in [3.63, 3.8) is 0 Å². The summed E-state index contributed by atoms with van der Waals surface area (Å²) in [6.07, 6.45) is 2.01. The number of methoxy groups -OCH3 is 1. The number of hydrogen-bond donors (Lipinski definition) is 1. The van der Waals surface area contributed by atoms with Gasteiger partial charge in [-0.2, -0.15) is 0 Å². The third kappa shape index (κ3) is 6.51. The van der Waals surface area contributed by atoms with Crippen LogP contribution in [-0.2, 0) is 4.74 Å². The van der Waals surface area contributed by atoms with E-state index in [4.69, 9.17) is 27.9 Å². The second kappa shape index (κ2) is 10.1. The molecule has 0 aromatic carbocycles. The van der Waals surface area contributed by atoms with Crippen LogP contribution in [0.25, 0.3) is 0 Å². The fourth-order valence-corrected chi connectivity index (χ4v) is 2.96. The number of amidine groups is 1. The van der Waals surface area contributed by atoms with Crippen LogP contribution in [0.3, 0.4) is 0 Å². The number of ether oxygens (including phenoxy) is 1. The van der Waals surface area contributed by atoms with Crippen LogP contribution in [0.4, 0.5) is 0 Å². The predicted octanol–water partition coefficient (Wildman–Crippen LogP) is 1.28. The highest BCUT2D eigenvalue weighted by Gasteiger charge is 2.19. The molecule has 1 rings (SSSR count). The van der Waals surface area contributed by atoms with E-state index in [9.17, 15) is 0 Å². The highest BCUT2D eigenvalue weighted by Crippen LogP contribution is 2.11. The number of halogens is 2. The summed E-state index contributed by atoms with van der Waals surface area (Å²) in [5.41, 5.74) is -0.466. The zero-order chi connectivity index (χ0) is 14.1. The Morgan fingerprint density at radius 3 is 2.63 bits per heavy atom. The second-order valence-electron chi connectivity index (χ2n) is 4.11. The third-order valence-corrected chi connectivity index (χ3v) is 4.04. The van der Waals surface area contributed by atoms with Gasteiger partial charge in [-0.25, -0.2) is 4.99 Å². The molecule has 0 radical (unpaired) electrons. The fourth-order valence-electron chi connectivity index (χ4n) is 1.85. The van der Waals surface area contributed by atoms with Gasteiger partial charge in [-0.1, -0.05) is 23.4 Å². The normalized spacial score (nSPS) is 19.8. The highest BCUT2D eigenvalue weighted by molar-refractivity contribution is 8.13. The molecule has 19 heavy (non-hydrogen) atoms. The van der Waals surface area contributed by atoms with Crippen molar-refractivity contribution < 1.29 is 4.74 Å². The number of hydrogen-bond acceptors (Lipinski definition) is 5. The Morgan fingerprint density at radius 2 is 2.11 bits per heavy atom. The number of alkyl halides is 2. The van der Waals surface area contributed by atoms with Gasteiger partial charge in [0.1, 0.15) is 0 Å². The van der Waals surface area contributed by atoms with Crippen LogP contribution in [0, 0.1) is 0 Å². The maximum Gasteiger partial charge on any atom is 0.179 e. The molecular formula is C11H22Cl2N4OS. The first-order chi connectivity index (χ1) is 9.21. The number of rotatable bonds is 6. The number of nitrogens with one attached hydrogen (secondary N) is 1. The molecule has 1 N–H and O–H groups in total. The van der Waals surface area contributed by atoms with Crippen LogP contribution in [0.5, 0.6) is 0 Å². The summed E-state index contributed by atoms with van der Waals surface area (Å²) in [5, 5.41) is 3.82. The zero-order valence-electron chi connectivity index (χ0n) is 11.4. The Labute approximate surface area is 129 Å². The Morgan fingerprint density at radius 1 is 1.42 bits per heavy atom. The van der Waals surface area contributed by atoms with E-state index in [0.717, 1.165) is 44.5 Å². The molecule has 5 nitrogen and oxygen atoms in total. The topological polar surface area (TPSA) is 40.1 Å². The number of thioether (sulfide) groups is 1. The van der Waals surface area contributed by atoms with Crippen molar-refractivity contribution in [3.05, 3.63) is 0 Å². The smallest absolute Gasteiger partial charge is 0.179 e. The second-order valence-corrected chi connectivity index (χ2v) is 5.56. The molecular weight excluding hydrogens is 307 g/mol. The van der Waals surface area contributed by atoms with Gasteiger partial charge in [-0.15, -0.1) is 11.6 Å². The van der Waals surface area contributed by atoms with Crippen LogP contribution in [0.2, 0.25) is 0 Å². The van der Waals surface area contributed by atoms with Gasteiger partial charge in [0.2, 0.25) is 0 Å². The molecule has 8 heteroatoms. The van der Waals surface area contributed by atoms with E-state index in [1.54, 1.807) is 18.9 Å². The SMILES string of the molecule is COCCN1CCN(C(=NC(Cl)NCCl)SC)CC1. The molecule has 1 unspecified atom stereocenters. The molecule has 0 bridgehead atoms. The molecule has 0 aliphatic carbocycles. The number of aliphatic imine (C=N–C) groups is 1. The number of nitrogens with zero attached hydrogens (tertiary/aromatic N) is 3. The summed E-state index contributed by atoms with van der Waals surface area (Å²) in [6.45, 7) is 5.76. The molecule has 1 atom stereocenters. The molecule has 1 aliphatic heterocycles. The van der Waals surface area contributed by atoms with Gasteiger partial charge in [0.25, 0.3) is 0 Å². The lowest BCUT2D eigenvalue weighted by molar-refractivity contribution is 0.121. The van der Waals surface area contributed by atoms with E-state index in [1.165, 1.54) is 0 Å². The number of piperazine rings is 1. The largest absolute Gasteiger partial charge is 0.383 e.